The minimum Gasteiger partial charge on any atom is -0.453 e. The van der Waals surface area contributed by atoms with Gasteiger partial charge in [-0.15, -0.1) is 0 Å². The van der Waals surface area contributed by atoms with Crippen LogP contribution in [0.5, 0.6) is 0 Å². The molecule has 17 heteroatoms. The molecule has 64 heavy (non-hydrogen) atoms. The third-order valence-electron chi connectivity index (χ3n) is 16.8. The Morgan fingerprint density at radius 2 is 1.06 bits per heavy atom. The van der Waals surface area contributed by atoms with Gasteiger partial charge in [0.25, 0.3) is 0 Å². The molecule has 3 amide bonds. The van der Waals surface area contributed by atoms with Crippen molar-refractivity contribution in [3.63, 3.8) is 0 Å². The van der Waals surface area contributed by atoms with E-state index in [1.54, 1.807) is 4.90 Å². The number of hydrogen-bond acceptors (Lipinski definition) is 14. The van der Waals surface area contributed by atoms with E-state index in [1.807, 2.05) is 13.8 Å². The minimum atomic E-state index is -0.805. The van der Waals surface area contributed by atoms with Gasteiger partial charge in [-0.05, 0) is 133 Å². The number of carbonyl (C=O) groups excluding carboxylic acids is 3. The van der Waals surface area contributed by atoms with E-state index in [2.05, 4.69) is 38.3 Å². The van der Waals surface area contributed by atoms with Crippen LogP contribution in [0.1, 0.15) is 138 Å². The van der Waals surface area contributed by atoms with Crippen molar-refractivity contribution >= 4 is 18.3 Å². The summed E-state index contributed by atoms with van der Waals surface area (Å²) >= 11 is 0. The fraction of sp³-hybridized carbons (Fsp3) is 0.936. The Labute approximate surface area is 379 Å². The number of carbonyl (C=O) groups is 3. The van der Waals surface area contributed by atoms with Gasteiger partial charge in [0.1, 0.15) is 0 Å². The molecule has 10 rings (SSSR count). The molecule has 2 N–H and O–H groups in total. The Morgan fingerprint density at radius 3 is 1.55 bits per heavy atom. The van der Waals surface area contributed by atoms with E-state index < -0.39 is 53.6 Å². The van der Waals surface area contributed by atoms with Crippen molar-refractivity contribution in [1.29, 1.82) is 0 Å². The Bertz CT molecular complexity index is 1630. The molecule has 0 unspecified atom stereocenters. The quantitative estimate of drug-likeness (QED) is 0.0822. The average molecular weight is 908 g/mol. The normalized spacial score (nSPS) is 42.9. The smallest absolute Gasteiger partial charge is 0.409 e. The first-order chi connectivity index (χ1) is 30.7. The van der Waals surface area contributed by atoms with Crippen molar-refractivity contribution in [2.24, 2.45) is 47.3 Å². The molecule has 2 aliphatic carbocycles. The second-order valence-electron chi connectivity index (χ2n) is 20.8. The topological polar surface area (TPSA) is 180 Å². The van der Waals surface area contributed by atoms with E-state index in [0.29, 0.717) is 82.0 Å². The molecular weight excluding hydrogens is 831 g/mol. The maximum absolute atomic E-state index is 12.5. The highest BCUT2D eigenvalue weighted by Gasteiger charge is 2.70. The summed E-state index contributed by atoms with van der Waals surface area (Å²) in [5, 5.41) is 5.62. The van der Waals surface area contributed by atoms with E-state index in [1.165, 1.54) is 7.11 Å². The highest BCUT2D eigenvalue weighted by atomic mass is 17.3. The number of nitrogens with one attached hydrogen (secondary N) is 2. The van der Waals surface area contributed by atoms with Gasteiger partial charge in [-0.25, -0.2) is 33.9 Å². The molecule has 0 radical (unpaired) electrons. The Kier molecular flexibility index (Phi) is 15.0. The molecule has 16 atom stereocenters. The minimum absolute atomic E-state index is 0.0289. The third kappa shape index (κ3) is 9.48. The summed E-state index contributed by atoms with van der Waals surface area (Å²) in [5.74, 6) is 1.12. The van der Waals surface area contributed by atoms with Crippen LogP contribution in [0.2, 0.25) is 0 Å². The van der Waals surface area contributed by atoms with Crippen LogP contribution in [0, 0.1) is 47.3 Å². The molecule has 0 aromatic heterocycles. The average Bonchev–Trinajstić information content (AvgIpc) is 3.65. The van der Waals surface area contributed by atoms with Crippen LogP contribution in [0.4, 0.5) is 14.4 Å². The van der Waals surface area contributed by atoms with Gasteiger partial charge in [-0.3, -0.25) is 0 Å². The summed E-state index contributed by atoms with van der Waals surface area (Å²) in [7, 11) is 1.35. The highest BCUT2D eigenvalue weighted by molar-refractivity contribution is 5.68. The van der Waals surface area contributed by atoms with Crippen molar-refractivity contribution in [1.82, 2.24) is 15.5 Å². The number of hydrogen-bond donors (Lipinski definition) is 2. The summed E-state index contributed by atoms with van der Waals surface area (Å²) in [5.41, 5.74) is -1.16. The largest absolute Gasteiger partial charge is 0.453 e. The molecule has 0 aromatic carbocycles. The standard InChI is InChI=1S/C47H77N3O14/c1-29-15-17-35-31(3)37(57-39-46(35)33(29)19-21-44(5,59-39)61-63-46)13-10-27-55-41(51)48-23-8-9-25-50(43(53)54-7)26-12-24-49-42(52)56-28-11-14-38-32(4)36-18-16-30(2)34-20-22-45(6)60-40(58-38)47(34,36)64-62-45/h29-40H,8-28H2,1-7H3,(H,48,51)(H,49,52)/t29-,30-,31-,32-,33+,34+,35+,36+,37-,38-,39-,40-,44-,45-,46-,47-/m1/s1. The van der Waals surface area contributed by atoms with E-state index in [-0.39, 0.29) is 49.1 Å². The molecule has 2 spiro atoms. The number of unbranched alkanes of at least 4 members (excludes halogenated alkanes) is 1. The zero-order valence-electron chi connectivity index (χ0n) is 39.4. The van der Waals surface area contributed by atoms with Crippen LogP contribution in [0.25, 0.3) is 0 Å². The van der Waals surface area contributed by atoms with E-state index in [4.69, 9.17) is 52.7 Å². The Balaban J connectivity index is 0.670. The Morgan fingerprint density at radius 1 is 0.594 bits per heavy atom. The number of methoxy groups -OCH3 is 1. The van der Waals surface area contributed by atoms with E-state index >= 15 is 0 Å². The van der Waals surface area contributed by atoms with Crippen LogP contribution in [-0.4, -0.2) is 117 Å². The van der Waals surface area contributed by atoms with E-state index in [9.17, 15) is 14.4 Å². The molecule has 10 aliphatic rings. The first kappa shape index (κ1) is 48.0. The van der Waals surface area contributed by atoms with Crippen molar-refractivity contribution in [3.8, 4) is 0 Å². The molecule has 17 nitrogen and oxygen atoms in total. The van der Waals surface area contributed by atoms with Crippen molar-refractivity contribution < 1.29 is 67.1 Å². The second kappa shape index (κ2) is 20.0. The van der Waals surface area contributed by atoms with Gasteiger partial charge in [0.15, 0.2) is 23.8 Å². The Hall–Kier alpha value is -2.51. The zero-order chi connectivity index (χ0) is 45.3. The lowest BCUT2D eigenvalue weighted by atomic mass is 9.57. The summed E-state index contributed by atoms with van der Waals surface area (Å²) in [6.07, 6.45) is 10.2. The molecule has 8 saturated heterocycles. The number of ether oxygens (including phenoxy) is 7. The molecule has 4 bridgehead atoms. The van der Waals surface area contributed by atoms with Gasteiger partial charge < -0.3 is 48.7 Å². The highest BCUT2D eigenvalue weighted by Crippen LogP contribution is 2.62. The first-order valence-corrected chi connectivity index (χ1v) is 24.8. The van der Waals surface area contributed by atoms with Crippen LogP contribution < -0.4 is 10.6 Å². The van der Waals surface area contributed by atoms with Crippen molar-refractivity contribution in [2.45, 2.75) is 185 Å². The maximum Gasteiger partial charge on any atom is 0.409 e. The lowest BCUT2D eigenvalue weighted by Gasteiger charge is -2.60. The number of amides is 3. The molecule has 0 aromatic rings. The third-order valence-corrected chi connectivity index (χ3v) is 16.8. The molecule has 364 valence electrons. The monoisotopic (exact) mass is 908 g/mol. The van der Waals surface area contributed by atoms with Gasteiger partial charge in [0.2, 0.25) is 11.6 Å². The first-order valence-electron chi connectivity index (χ1n) is 24.8. The molecule has 8 heterocycles. The number of nitrogens with zero attached hydrogens (tertiary/aromatic N) is 1. The summed E-state index contributed by atoms with van der Waals surface area (Å²) in [6.45, 7) is 15.1. The molecule has 8 aliphatic heterocycles. The van der Waals surface area contributed by atoms with Crippen molar-refractivity contribution in [2.75, 3.05) is 46.5 Å². The van der Waals surface area contributed by atoms with Crippen LogP contribution in [0.3, 0.4) is 0 Å². The lowest BCUT2D eigenvalue weighted by Crippen LogP contribution is -2.70. The van der Waals surface area contributed by atoms with Crippen molar-refractivity contribution in [3.05, 3.63) is 0 Å². The lowest BCUT2D eigenvalue weighted by molar-refractivity contribution is -0.571. The number of alkyl carbamates (subject to hydrolysis) is 2. The summed E-state index contributed by atoms with van der Waals surface area (Å²) in [6, 6.07) is 0. The summed E-state index contributed by atoms with van der Waals surface area (Å²) < 4.78 is 42.3. The van der Waals surface area contributed by atoms with Gasteiger partial charge in [-0.2, -0.15) is 0 Å². The molecular formula is C47H77N3O14. The second-order valence-corrected chi connectivity index (χ2v) is 20.8. The van der Waals surface area contributed by atoms with Crippen LogP contribution >= 0.6 is 0 Å². The SMILES string of the molecule is COC(=O)N(CCCCNC(=O)OCCC[C@H]1O[C@@H]2O[C@@]3(C)CC[C@H]4[C@H](C)CC[C@@H]([C@H]1C)[C@@]24OO3)CCCNC(=O)OCCC[C@H]1O[C@@H]2O[C@@]3(C)CC[C@H]4[C@H](C)CC[C@@H]([C@H]1C)[C@@]24OO3. The summed E-state index contributed by atoms with van der Waals surface area (Å²) in [4.78, 5) is 63.5. The molecule has 2 saturated carbocycles. The van der Waals surface area contributed by atoms with E-state index in [0.717, 1.165) is 64.2 Å². The maximum atomic E-state index is 12.5. The molecule has 10 fully saturated rings. The predicted molar refractivity (Wildman–Crippen MR) is 229 cm³/mol. The fourth-order valence-corrected chi connectivity index (χ4v) is 13.1. The van der Waals surface area contributed by atoms with Gasteiger partial charge in [-0.1, -0.05) is 27.7 Å². The van der Waals surface area contributed by atoms with Gasteiger partial charge >= 0.3 is 18.3 Å². The van der Waals surface area contributed by atoms with Crippen LogP contribution in [-0.2, 0) is 52.7 Å². The van der Waals surface area contributed by atoms with Gasteiger partial charge in [0.05, 0.1) is 32.5 Å². The van der Waals surface area contributed by atoms with Gasteiger partial charge in [0, 0.05) is 50.9 Å². The number of rotatable bonds is 17. The van der Waals surface area contributed by atoms with Crippen LogP contribution in [0.15, 0.2) is 0 Å². The number of fused-ring (bicyclic) bond motifs is 4. The predicted octanol–water partition coefficient (Wildman–Crippen LogP) is 7.74. The fourth-order valence-electron chi connectivity index (χ4n) is 13.1. The zero-order valence-corrected chi connectivity index (χ0v) is 39.4.